The first-order valence-corrected chi connectivity index (χ1v) is 8.82. The fraction of sp³-hybridized carbons (Fsp3) is 0.400. The van der Waals surface area contributed by atoms with Gasteiger partial charge in [-0.05, 0) is 25.5 Å². The quantitative estimate of drug-likeness (QED) is 0.870. The highest BCUT2D eigenvalue weighted by Crippen LogP contribution is 2.31. The topological polar surface area (TPSA) is 32.3 Å². The molecule has 24 heavy (non-hydrogen) atoms. The van der Waals surface area contributed by atoms with Crippen LogP contribution in [0.3, 0.4) is 0 Å². The van der Waals surface area contributed by atoms with Gasteiger partial charge < -0.3 is 9.80 Å². The van der Waals surface area contributed by atoms with Crippen LogP contribution in [0.5, 0.6) is 0 Å². The molecule has 4 rings (SSSR count). The monoisotopic (exact) mass is 320 g/mol. The summed E-state index contributed by atoms with van der Waals surface area (Å²) >= 11 is 0. The molecule has 1 aromatic heterocycles. The number of aromatic nitrogens is 2. The SMILES string of the molecule is CN1CCc2ncnc(N3CCCC3C=Cc3ccccc3)c2C1. The molecule has 1 atom stereocenters. The molecule has 3 heterocycles. The third-order valence-corrected chi connectivity index (χ3v) is 5.05. The highest BCUT2D eigenvalue weighted by Gasteiger charge is 2.28. The normalized spacial score (nSPS) is 21.4. The maximum atomic E-state index is 4.67. The molecule has 4 heteroatoms. The lowest BCUT2D eigenvalue weighted by Gasteiger charge is -2.31. The number of fused-ring (bicyclic) bond motifs is 1. The maximum Gasteiger partial charge on any atom is 0.137 e. The molecule has 0 amide bonds. The van der Waals surface area contributed by atoms with Gasteiger partial charge >= 0.3 is 0 Å². The van der Waals surface area contributed by atoms with Gasteiger partial charge in [0.15, 0.2) is 0 Å². The predicted molar refractivity (Wildman–Crippen MR) is 97.9 cm³/mol. The van der Waals surface area contributed by atoms with Gasteiger partial charge in [-0.25, -0.2) is 9.97 Å². The molecule has 2 aromatic rings. The van der Waals surface area contributed by atoms with Gasteiger partial charge in [0, 0.05) is 37.7 Å². The number of benzene rings is 1. The third-order valence-electron chi connectivity index (χ3n) is 5.05. The highest BCUT2D eigenvalue weighted by molar-refractivity contribution is 5.55. The fourth-order valence-corrected chi connectivity index (χ4v) is 3.75. The molecular formula is C20H24N4. The van der Waals surface area contributed by atoms with E-state index >= 15 is 0 Å². The molecule has 0 aliphatic carbocycles. The molecule has 4 nitrogen and oxygen atoms in total. The van der Waals surface area contributed by atoms with Crippen LogP contribution in [0.2, 0.25) is 0 Å². The average Bonchev–Trinajstić information content (AvgIpc) is 3.08. The summed E-state index contributed by atoms with van der Waals surface area (Å²) in [4.78, 5) is 14.0. The number of nitrogens with zero attached hydrogens (tertiary/aromatic N) is 4. The Labute approximate surface area is 143 Å². The molecule has 0 radical (unpaired) electrons. The summed E-state index contributed by atoms with van der Waals surface area (Å²) in [7, 11) is 2.18. The van der Waals surface area contributed by atoms with E-state index in [-0.39, 0.29) is 0 Å². The van der Waals surface area contributed by atoms with Crippen molar-refractivity contribution in [3.8, 4) is 0 Å². The zero-order valence-corrected chi connectivity index (χ0v) is 14.2. The van der Waals surface area contributed by atoms with E-state index < -0.39 is 0 Å². The first-order chi connectivity index (χ1) is 11.8. The van der Waals surface area contributed by atoms with Crippen molar-refractivity contribution in [2.24, 2.45) is 0 Å². The van der Waals surface area contributed by atoms with E-state index in [1.807, 2.05) is 0 Å². The molecule has 124 valence electrons. The van der Waals surface area contributed by atoms with Crippen LogP contribution in [-0.2, 0) is 13.0 Å². The van der Waals surface area contributed by atoms with Crippen LogP contribution in [0, 0.1) is 0 Å². The Kier molecular flexibility index (Phi) is 4.30. The van der Waals surface area contributed by atoms with E-state index in [9.17, 15) is 0 Å². The molecule has 2 aliphatic heterocycles. The summed E-state index contributed by atoms with van der Waals surface area (Å²) in [5, 5.41) is 0. The van der Waals surface area contributed by atoms with Crippen molar-refractivity contribution in [1.82, 2.24) is 14.9 Å². The van der Waals surface area contributed by atoms with Crippen LogP contribution in [0.4, 0.5) is 5.82 Å². The predicted octanol–water partition coefficient (Wildman–Crippen LogP) is 3.15. The van der Waals surface area contributed by atoms with Crippen LogP contribution in [0.1, 0.15) is 29.7 Å². The Morgan fingerprint density at radius 3 is 2.88 bits per heavy atom. The van der Waals surface area contributed by atoms with E-state index in [2.05, 4.69) is 69.3 Å². The first kappa shape index (κ1) is 15.3. The molecular weight excluding hydrogens is 296 g/mol. The van der Waals surface area contributed by atoms with Crippen molar-refractivity contribution in [2.45, 2.75) is 31.8 Å². The standard InChI is InChI=1S/C20H24N4/c1-23-13-11-19-18(14-23)20(22-15-21-19)24-12-5-8-17(24)10-9-16-6-3-2-4-7-16/h2-4,6-7,9-10,15,17H,5,8,11-14H2,1H3. The van der Waals surface area contributed by atoms with Gasteiger partial charge in [-0.2, -0.15) is 0 Å². The molecule has 1 aromatic carbocycles. The minimum atomic E-state index is 0.427. The van der Waals surface area contributed by atoms with E-state index in [1.165, 1.54) is 29.7 Å². The molecule has 0 N–H and O–H groups in total. The van der Waals surface area contributed by atoms with Crippen molar-refractivity contribution in [2.75, 3.05) is 25.0 Å². The zero-order valence-electron chi connectivity index (χ0n) is 14.2. The molecule has 0 bridgehead atoms. The van der Waals surface area contributed by atoms with Crippen LogP contribution in [0.25, 0.3) is 6.08 Å². The number of rotatable bonds is 3. The van der Waals surface area contributed by atoms with Gasteiger partial charge in [0.05, 0.1) is 5.69 Å². The average molecular weight is 320 g/mol. The fourth-order valence-electron chi connectivity index (χ4n) is 3.75. The van der Waals surface area contributed by atoms with Crippen molar-refractivity contribution in [3.05, 3.63) is 59.6 Å². The van der Waals surface area contributed by atoms with Crippen LogP contribution < -0.4 is 4.90 Å². The Hall–Kier alpha value is -2.20. The van der Waals surface area contributed by atoms with E-state index in [0.717, 1.165) is 31.9 Å². The van der Waals surface area contributed by atoms with Crippen LogP contribution >= 0.6 is 0 Å². The minimum absolute atomic E-state index is 0.427. The number of anilines is 1. The van der Waals surface area contributed by atoms with Gasteiger partial charge in [-0.1, -0.05) is 42.5 Å². The molecule has 0 spiro atoms. The van der Waals surface area contributed by atoms with Crippen molar-refractivity contribution < 1.29 is 0 Å². The van der Waals surface area contributed by atoms with E-state index in [0.29, 0.717) is 6.04 Å². The van der Waals surface area contributed by atoms with E-state index in [1.54, 1.807) is 6.33 Å². The van der Waals surface area contributed by atoms with Gasteiger partial charge in [0.2, 0.25) is 0 Å². The molecule has 1 fully saturated rings. The lowest BCUT2D eigenvalue weighted by Crippen LogP contribution is -2.34. The second-order valence-electron chi connectivity index (χ2n) is 6.78. The summed E-state index contributed by atoms with van der Waals surface area (Å²) < 4.78 is 0. The Balaban J connectivity index is 1.61. The van der Waals surface area contributed by atoms with Gasteiger partial charge in [-0.15, -0.1) is 0 Å². The first-order valence-electron chi connectivity index (χ1n) is 8.82. The smallest absolute Gasteiger partial charge is 0.137 e. The van der Waals surface area contributed by atoms with Gasteiger partial charge in [-0.3, -0.25) is 0 Å². The number of likely N-dealkylation sites (N-methyl/N-ethyl adjacent to an activating group) is 1. The summed E-state index contributed by atoms with van der Waals surface area (Å²) in [6.45, 7) is 3.12. The maximum absolute atomic E-state index is 4.67. The second-order valence-corrected chi connectivity index (χ2v) is 6.78. The third kappa shape index (κ3) is 3.06. The zero-order chi connectivity index (χ0) is 16.4. The lowest BCUT2D eigenvalue weighted by atomic mass is 10.1. The van der Waals surface area contributed by atoms with Crippen molar-refractivity contribution in [3.63, 3.8) is 0 Å². The summed E-state index contributed by atoms with van der Waals surface area (Å²) in [5.41, 5.74) is 3.82. The Morgan fingerprint density at radius 1 is 1.12 bits per heavy atom. The molecule has 2 aliphatic rings. The highest BCUT2D eigenvalue weighted by atomic mass is 15.2. The Morgan fingerprint density at radius 2 is 2.00 bits per heavy atom. The second kappa shape index (κ2) is 6.73. The largest absolute Gasteiger partial charge is 0.350 e. The van der Waals surface area contributed by atoms with Crippen LogP contribution in [0.15, 0.2) is 42.7 Å². The molecule has 1 saturated heterocycles. The lowest BCUT2D eigenvalue weighted by molar-refractivity contribution is 0.309. The molecule has 0 saturated carbocycles. The van der Waals surface area contributed by atoms with Crippen LogP contribution in [-0.4, -0.2) is 41.0 Å². The number of hydrogen-bond acceptors (Lipinski definition) is 4. The summed E-state index contributed by atoms with van der Waals surface area (Å²) in [6, 6.07) is 11.0. The Bertz CT molecular complexity index is 726. The van der Waals surface area contributed by atoms with Crippen molar-refractivity contribution in [1.29, 1.82) is 0 Å². The van der Waals surface area contributed by atoms with Crippen molar-refractivity contribution >= 4 is 11.9 Å². The van der Waals surface area contributed by atoms with Gasteiger partial charge in [0.25, 0.3) is 0 Å². The molecule has 1 unspecified atom stereocenters. The van der Waals surface area contributed by atoms with Gasteiger partial charge in [0.1, 0.15) is 12.1 Å². The summed E-state index contributed by atoms with van der Waals surface area (Å²) in [5.74, 6) is 1.15. The van der Waals surface area contributed by atoms with E-state index in [4.69, 9.17) is 0 Å². The number of hydrogen-bond donors (Lipinski definition) is 0. The minimum Gasteiger partial charge on any atom is -0.350 e. The summed E-state index contributed by atoms with van der Waals surface area (Å²) in [6.07, 6.45) is 9.76.